The number of carbonyl (C=O) groups excluding carboxylic acids is 1. The van der Waals surface area contributed by atoms with Crippen molar-refractivity contribution in [2.45, 2.75) is 13.8 Å². The van der Waals surface area contributed by atoms with Crippen LogP contribution in [0.3, 0.4) is 0 Å². The van der Waals surface area contributed by atoms with E-state index in [1.54, 1.807) is 18.4 Å². The maximum absolute atomic E-state index is 12.7. The van der Waals surface area contributed by atoms with Crippen LogP contribution in [-0.4, -0.2) is 44.1 Å². The molecule has 1 amide bonds. The number of carbonyl (C=O) groups is 1. The van der Waals surface area contributed by atoms with E-state index in [-0.39, 0.29) is 5.91 Å². The lowest BCUT2D eigenvalue weighted by Crippen LogP contribution is -2.48. The van der Waals surface area contributed by atoms with Gasteiger partial charge in [-0.05, 0) is 31.5 Å². The monoisotopic (exact) mass is 330 g/mol. The van der Waals surface area contributed by atoms with Crippen molar-refractivity contribution < 1.29 is 9.53 Å². The van der Waals surface area contributed by atoms with Crippen LogP contribution in [0.1, 0.15) is 20.8 Å². The molecule has 1 aliphatic heterocycles. The first-order valence-corrected chi connectivity index (χ1v) is 8.71. The van der Waals surface area contributed by atoms with Gasteiger partial charge in [-0.3, -0.25) is 4.79 Å². The SMILES string of the molecule is COc1ccccc1N1CCN(C(=O)c2csc(C)c2C)CC1. The molecule has 0 saturated carbocycles. The highest BCUT2D eigenvalue weighted by molar-refractivity contribution is 7.10. The Morgan fingerprint density at radius 3 is 2.43 bits per heavy atom. The summed E-state index contributed by atoms with van der Waals surface area (Å²) in [5, 5.41) is 1.99. The van der Waals surface area contributed by atoms with Gasteiger partial charge in [0.2, 0.25) is 0 Å². The number of amides is 1. The first kappa shape index (κ1) is 15.9. The molecule has 122 valence electrons. The van der Waals surface area contributed by atoms with E-state index in [9.17, 15) is 4.79 Å². The Balaban J connectivity index is 1.69. The van der Waals surface area contributed by atoms with Crippen LogP contribution in [0.4, 0.5) is 5.69 Å². The Kier molecular flexibility index (Phi) is 4.57. The van der Waals surface area contributed by atoms with E-state index in [1.807, 2.05) is 35.4 Å². The third-order valence-corrected chi connectivity index (χ3v) is 5.52. The lowest BCUT2D eigenvalue weighted by molar-refractivity contribution is 0.0746. The number of thiophene rings is 1. The van der Waals surface area contributed by atoms with Crippen molar-refractivity contribution in [2.24, 2.45) is 0 Å². The summed E-state index contributed by atoms with van der Waals surface area (Å²) < 4.78 is 5.44. The number of benzene rings is 1. The molecule has 0 atom stereocenters. The van der Waals surface area contributed by atoms with Crippen LogP contribution in [0.25, 0.3) is 0 Å². The maximum Gasteiger partial charge on any atom is 0.255 e. The molecule has 1 fully saturated rings. The summed E-state index contributed by atoms with van der Waals surface area (Å²) in [5.74, 6) is 1.04. The fourth-order valence-electron chi connectivity index (χ4n) is 2.94. The van der Waals surface area contributed by atoms with E-state index < -0.39 is 0 Å². The van der Waals surface area contributed by atoms with Crippen molar-refractivity contribution in [3.05, 3.63) is 45.6 Å². The minimum Gasteiger partial charge on any atom is -0.495 e. The highest BCUT2D eigenvalue weighted by Crippen LogP contribution is 2.29. The lowest BCUT2D eigenvalue weighted by Gasteiger charge is -2.36. The number of piperazine rings is 1. The summed E-state index contributed by atoms with van der Waals surface area (Å²) in [6.07, 6.45) is 0. The van der Waals surface area contributed by atoms with Crippen LogP contribution >= 0.6 is 11.3 Å². The highest BCUT2D eigenvalue weighted by atomic mass is 32.1. The van der Waals surface area contributed by atoms with E-state index in [0.717, 1.165) is 48.7 Å². The number of methoxy groups -OCH3 is 1. The van der Waals surface area contributed by atoms with E-state index in [0.29, 0.717) is 0 Å². The molecule has 0 bridgehead atoms. The maximum atomic E-state index is 12.7. The first-order chi connectivity index (χ1) is 11.1. The Bertz CT molecular complexity index is 703. The lowest BCUT2D eigenvalue weighted by atomic mass is 10.1. The number of hydrogen-bond acceptors (Lipinski definition) is 4. The van der Waals surface area contributed by atoms with Crippen LogP contribution in [0, 0.1) is 13.8 Å². The molecule has 1 aliphatic rings. The molecular formula is C18H22N2O2S. The van der Waals surface area contributed by atoms with Crippen LogP contribution < -0.4 is 9.64 Å². The normalized spacial score (nSPS) is 14.9. The molecule has 3 rings (SSSR count). The van der Waals surface area contributed by atoms with Gasteiger partial charge in [0.05, 0.1) is 18.4 Å². The zero-order chi connectivity index (χ0) is 16.4. The van der Waals surface area contributed by atoms with Crippen molar-refractivity contribution in [1.82, 2.24) is 4.90 Å². The number of anilines is 1. The number of para-hydroxylation sites is 2. The van der Waals surface area contributed by atoms with E-state index in [2.05, 4.69) is 17.9 Å². The summed E-state index contributed by atoms with van der Waals surface area (Å²) in [6.45, 7) is 7.24. The number of nitrogens with zero attached hydrogens (tertiary/aromatic N) is 2. The molecule has 0 aliphatic carbocycles. The summed E-state index contributed by atoms with van der Waals surface area (Å²) in [6, 6.07) is 8.05. The second kappa shape index (κ2) is 6.62. The van der Waals surface area contributed by atoms with Crippen molar-refractivity contribution in [3.63, 3.8) is 0 Å². The van der Waals surface area contributed by atoms with Crippen molar-refractivity contribution in [2.75, 3.05) is 38.2 Å². The Morgan fingerprint density at radius 1 is 1.13 bits per heavy atom. The number of hydrogen-bond donors (Lipinski definition) is 0. The van der Waals surface area contributed by atoms with Gasteiger partial charge in [-0.2, -0.15) is 0 Å². The molecule has 0 radical (unpaired) electrons. The molecule has 5 heteroatoms. The van der Waals surface area contributed by atoms with Gasteiger partial charge in [0.25, 0.3) is 5.91 Å². The van der Waals surface area contributed by atoms with Crippen molar-refractivity contribution in [1.29, 1.82) is 0 Å². The fourth-order valence-corrected chi connectivity index (χ4v) is 3.80. The number of rotatable bonds is 3. The van der Waals surface area contributed by atoms with Gasteiger partial charge in [-0.25, -0.2) is 0 Å². The quantitative estimate of drug-likeness (QED) is 0.865. The van der Waals surface area contributed by atoms with E-state index in [1.165, 1.54) is 4.88 Å². The highest BCUT2D eigenvalue weighted by Gasteiger charge is 2.25. The number of ether oxygens (including phenoxy) is 1. The first-order valence-electron chi connectivity index (χ1n) is 7.83. The third-order valence-electron chi connectivity index (χ3n) is 4.51. The predicted octanol–water partition coefficient (Wildman–Crippen LogP) is 3.34. The average Bonchev–Trinajstić information content (AvgIpc) is 2.93. The van der Waals surface area contributed by atoms with Gasteiger partial charge in [0.15, 0.2) is 0 Å². The summed E-state index contributed by atoms with van der Waals surface area (Å²) in [4.78, 5) is 18.2. The molecule has 1 aromatic heterocycles. The standard InChI is InChI=1S/C18H22N2O2S/c1-13-14(2)23-12-15(13)18(21)20-10-8-19(9-11-20)16-6-4-5-7-17(16)22-3/h4-7,12H,8-11H2,1-3H3. The number of aryl methyl sites for hydroxylation is 1. The molecule has 0 spiro atoms. The molecule has 2 aromatic rings. The Morgan fingerprint density at radius 2 is 1.83 bits per heavy atom. The van der Waals surface area contributed by atoms with E-state index >= 15 is 0 Å². The van der Waals surface area contributed by atoms with Crippen LogP contribution in [0.2, 0.25) is 0 Å². The predicted molar refractivity (Wildman–Crippen MR) is 94.9 cm³/mol. The largest absolute Gasteiger partial charge is 0.495 e. The zero-order valence-electron chi connectivity index (χ0n) is 13.8. The fraction of sp³-hybridized carbons (Fsp3) is 0.389. The van der Waals surface area contributed by atoms with Gasteiger partial charge in [0.1, 0.15) is 5.75 Å². The topological polar surface area (TPSA) is 32.8 Å². The molecule has 0 N–H and O–H groups in total. The molecule has 0 unspecified atom stereocenters. The van der Waals surface area contributed by atoms with Gasteiger partial charge in [-0.15, -0.1) is 11.3 Å². The summed E-state index contributed by atoms with van der Waals surface area (Å²) >= 11 is 1.65. The second-order valence-electron chi connectivity index (χ2n) is 5.78. The van der Waals surface area contributed by atoms with Crippen LogP contribution in [-0.2, 0) is 0 Å². The van der Waals surface area contributed by atoms with Gasteiger partial charge in [-0.1, -0.05) is 12.1 Å². The van der Waals surface area contributed by atoms with E-state index in [4.69, 9.17) is 4.74 Å². The molecule has 1 saturated heterocycles. The molecular weight excluding hydrogens is 308 g/mol. The van der Waals surface area contributed by atoms with Gasteiger partial charge >= 0.3 is 0 Å². The van der Waals surface area contributed by atoms with Crippen molar-refractivity contribution >= 4 is 22.9 Å². The van der Waals surface area contributed by atoms with Crippen molar-refractivity contribution in [3.8, 4) is 5.75 Å². The Hall–Kier alpha value is -2.01. The second-order valence-corrected chi connectivity index (χ2v) is 6.87. The zero-order valence-corrected chi connectivity index (χ0v) is 14.7. The molecule has 2 heterocycles. The Labute approximate surface area is 141 Å². The summed E-state index contributed by atoms with van der Waals surface area (Å²) in [7, 11) is 1.69. The smallest absolute Gasteiger partial charge is 0.255 e. The van der Waals surface area contributed by atoms with Gasteiger partial charge in [0, 0.05) is 36.4 Å². The molecule has 4 nitrogen and oxygen atoms in total. The minimum absolute atomic E-state index is 0.159. The summed E-state index contributed by atoms with van der Waals surface area (Å²) in [5.41, 5.74) is 3.08. The van der Waals surface area contributed by atoms with Crippen LogP contribution in [0.15, 0.2) is 29.6 Å². The average molecular weight is 330 g/mol. The molecule has 23 heavy (non-hydrogen) atoms. The van der Waals surface area contributed by atoms with Gasteiger partial charge < -0.3 is 14.5 Å². The minimum atomic E-state index is 0.159. The molecule has 1 aromatic carbocycles. The van der Waals surface area contributed by atoms with Crippen LogP contribution in [0.5, 0.6) is 5.75 Å². The third kappa shape index (κ3) is 3.06.